The summed E-state index contributed by atoms with van der Waals surface area (Å²) >= 11 is 4.55. The Kier molecular flexibility index (Phi) is 6.14. The van der Waals surface area contributed by atoms with Crippen molar-refractivity contribution in [2.45, 2.75) is 11.3 Å². The fourth-order valence-corrected chi connectivity index (χ4v) is 5.92. The first-order valence-corrected chi connectivity index (χ1v) is 13.5. The molecule has 3 heterocycles. The van der Waals surface area contributed by atoms with Crippen molar-refractivity contribution in [3.05, 3.63) is 69.1 Å². The first-order valence-electron chi connectivity index (χ1n) is 9.06. The summed E-state index contributed by atoms with van der Waals surface area (Å²) in [6.45, 7) is 0.493. The normalized spacial score (nSPS) is 12.0. The molecule has 0 atom stereocenters. The van der Waals surface area contributed by atoms with Crippen molar-refractivity contribution in [3.8, 4) is 0 Å². The lowest BCUT2D eigenvalue weighted by Gasteiger charge is -2.17. The molecule has 30 heavy (non-hydrogen) atoms. The van der Waals surface area contributed by atoms with Crippen LogP contribution in [0.3, 0.4) is 0 Å². The van der Waals surface area contributed by atoms with Gasteiger partial charge in [0.2, 0.25) is 0 Å². The number of benzene rings is 1. The Labute approximate surface area is 186 Å². The Balaban J connectivity index is 1.66. The number of rotatable bonds is 7. The quantitative estimate of drug-likeness (QED) is 0.349. The molecule has 154 valence electrons. The summed E-state index contributed by atoms with van der Waals surface area (Å²) in [6, 6.07) is 12.8. The van der Waals surface area contributed by atoms with Crippen LogP contribution in [0.25, 0.3) is 16.3 Å². The minimum absolute atomic E-state index is 0.151. The average molecular weight is 475 g/mol. The molecule has 4 rings (SSSR count). The molecule has 0 unspecified atom stereocenters. The molecular formula is C21H18N2O3S4. The van der Waals surface area contributed by atoms with Crippen LogP contribution in [0.2, 0.25) is 0 Å². The fraction of sp³-hybridized carbons (Fsp3) is 0.143. The van der Waals surface area contributed by atoms with E-state index >= 15 is 0 Å². The highest BCUT2D eigenvalue weighted by atomic mass is 32.2. The van der Waals surface area contributed by atoms with Crippen molar-refractivity contribution in [1.29, 1.82) is 0 Å². The van der Waals surface area contributed by atoms with E-state index in [4.69, 9.17) is 0 Å². The first-order chi connectivity index (χ1) is 14.4. The fourth-order valence-electron chi connectivity index (χ4n) is 2.85. The molecule has 0 aliphatic heterocycles. The molecule has 0 radical (unpaired) electrons. The lowest BCUT2D eigenvalue weighted by Crippen LogP contribution is -2.31. The number of thiazole rings is 1. The van der Waals surface area contributed by atoms with Gasteiger partial charge in [-0.1, -0.05) is 23.5 Å². The zero-order valence-electron chi connectivity index (χ0n) is 16.0. The molecule has 5 nitrogen and oxygen atoms in total. The number of carbonyl (C=O) groups excluding carboxylic acids is 1. The second-order valence-corrected chi connectivity index (χ2v) is 11.6. The Hall–Kier alpha value is -2.33. The third kappa shape index (κ3) is 4.86. The zero-order chi connectivity index (χ0) is 21.1. The van der Waals surface area contributed by atoms with E-state index in [0.717, 1.165) is 16.0 Å². The van der Waals surface area contributed by atoms with Crippen LogP contribution < -0.4 is 4.90 Å². The zero-order valence-corrected chi connectivity index (χ0v) is 19.3. The Morgan fingerprint density at radius 1 is 1.13 bits per heavy atom. The van der Waals surface area contributed by atoms with Crippen molar-refractivity contribution in [2.75, 3.05) is 17.7 Å². The number of carbonyl (C=O) groups is 1. The van der Waals surface area contributed by atoms with Crippen LogP contribution in [0.4, 0.5) is 5.13 Å². The Bertz CT molecular complexity index is 1290. The van der Waals surface area contributed by atoms with E-state index in [1.807, 2.05) is 35.0 Å². The van der Waals surface area contributed by atoms with E-state index in [1.54, 1.807) is 57.9 Å². The molecule has 0 bridgehead atoms. The maximum atomic E-state index is 13.0. The van der Waals surface area contributed by atoms with Crippen molar-refractivity contribution in [2.24, 2.45) is 0 Å². The number of amides is 1. The van der Waals surface area contributed by atoms with Crippen molar-refractivity contribution in [3.63, 3.8) is 0 Å². The maximum absolute atomic E-state index is 13.0. The minimum atomic E-state index is -3.31. The van der Waals surface area contributed by atoms with Gasteiger partial charge in [-0.3, -0.25) is 9.69 Å². The highest BCUT2D eigenvalue weighted by Crippen LogP contribution is 2.31. The standard InChI is InChI=1S/C21H18N2O3S4/c1-30(25,26)17-7-8-18-19(14-17)29-21(22-18)23(11-10-16-5-3-13-28-16)20(24)9-6-15-4-2-12-27-15/h2-9,12-14H,10-11H2,1H3. The smallest absolute Gasteiger partial charge is 0.252 e. The van der Waals surface area contributed by atoms with Crippen LogP contribution in [0.5, 0.6) is 0 Å². The number of nitrogens with zero attached hydrogens (tertiary/aromatic N) is 2. The van der Waals surface area contributed by atoms with Crippen LogP contribution in [-0.4, -0.2) is 32.1 Å². The van der Waals surface area contributed by atoms with Crippen molar-refractivity contribution < 1.29 is 13.2 Å². The minimum Gasteiger partial charge on any atom is -0.284 e. The van der Waals surface area contributed by atoms with Crippen molar-refractivity contribution >= 4 is 71.2 Å². The van der Waals surface area contributed by atoms with Gasteiger partial charge in [-0.2, -0.15) is 0 Å². The number of fused-ring (bicyclic) bond motifs is 1. The third-order valence-electron chi connectivity index (χ3n) is 4.37. The molecular weight excluding hydrogens is 457 g/mol. The van der Waals surface area contributed by atoms with E-state index < -0.39 is 9.84 Å². The van der Waals surface area contributed by atoms with Crippen molar-refractivity contribution in [1.82, 2.24) is 4.98 Å². The van der Waals surface area contributed by atoms with Gasteiger partial charge in [-0.05, 0) is 53.6 Å². The number of hydrogen-bond acceptors (Lipinski definition) is 7. The van der Waals surface area contributed by atoms with E-state index in [2.05, 4.69) is 4.98 Å². The Morgan fingerprint density at radius 2 is 1.93 bits per heavy atom. The molecule has 1 amide bonds. The predicted molar refractivity (Wildman–Crippen MR) is 126 cm³/mol. The van der Waals surface area contributed by atoms with Crippen LogP contribution in [0.15, 0.2) is 64.2 Å². The summed E-state index contributed by atoms with van der Waals surface area (Å²) in [4.78, 5) is 21.7. The largest absolute Gasteiger partial charge is 0.284 e. The maximum Gasteiger partial charge on any atom is 0.252 e. The number of aromatic nitrogens is 1. The molecule has 0 aliphatic carbocycles. The van der Waals surface area contributed by atoms with E-state index in [9.17, 15) is 13.2 Å². The summed E-state index contributed by atoms with van der Waals surface area (Å²) < 4.78 is 24.5. The third-order valence-corrected chi connectivity index (χ3v) is 8.29. The molecule has 0 aliphatic rings. The van der Waals surface area contributed by atoms with Gasteiger partial charge in [0.05, 0.1) is 15.1 Å². The summed E-state index contributed by atoms with van der Waals surface area (Å²) in [7, 11) is -3.31. The van der Waals surface area contributed by atoms with Gasteiger partial charge in [0.15, 0.2) is 15.0 Å². The molecule has 4 aromatic rings. The highest BCUT2D eigenvalue weighted by molar-refractivity contribution is 7.90. The van der Waals surface area contributed by atoms with Gasteiger partial charge < -0.3 is 0 Å². The highest BCUT2D eigenvalue weighted by Gasteiger charge is 2.19. The van der Waals surface area contributed by atoms with Crippen LogP contribution >= 0.6 is 34.0 Å². The second-order valence-electron chi connectivity index (χ2n) is 6.57. The first kappa shape index (κ1) is 20.9. The lowest BCUT2D eigenvalue weighted by molar-refractivity contribution is -0.114. The van der Waals surface area contributed by atoms with Crippen LogP contribution in [0.1, 0.15) is 9.75 Å². The number of sulfone groups is 1. The van der Waals surface area contributed by atoms with Gasteiger partial charge in [0.25, 0.3) is 5.91 Å². The molecule has 1 aromatic carbocycles. The average Bonchev–Trinajstić information content (AvgIpc) is 3.46. The molecule has 9 heteroatoms. The lowest BCUT2D eigenvalue weighted by atomic mass is 10.3. The van der Waals surface area contributed by atoms with Gasteiger partial charge >= 0.3 is 0 Å². The van der Waals surface area contributed by atoms with Crippen LogP contribution in [0, 0.1) is 0 Å². The topological polar surface area (TPSA) is 67.3 Å². The van der Waals surface area contributed by atoms with E-state index in [0.29, 0.717) is 17.2 Å². The number of hydrogen-bond donors (Lipinski definition) is 0. The van der Waals surface area contributed by atoms with Gasteiger partial charge in [-0.25, -0.2) is 13.4 Å². The SMILES string of the molecule is CS(=O)(=O)c1ccc2nc(N(CCc3cccs3)C(=O)C=Cc3cccs3)sc2c1. The molecule has 3 aromatic heterocycles. The second kappa shape index (κ2) is 8.81. The van der Waals surface area contributed by atoms with Gasteiger partial charge in [0.1, 0.15) is 0 Å². The number of anilines is 1. The molecule has 0 saturated heterocycles. The van der Waals surface area contributed by atoms with E-state index in [-0.39, 0.29) is 10.8 Å². The van der Waals surface area contributed by atoms with E-state index in [1.165, 1.54) is 22.5 Å². The molecule has 0 N–H and O–H groups in total. The molecule has 0 spiro atoms. The monoisotopic (exact) mass is 474 g/mol. The Morgan fingerprint density at radius 3 is 2.63 bits per heavy atom. The summed E-state index contributed by atoms with van der Waals surface area (Å²) in [5, 5.41) is 4.54. The number of thiophene rings is 2. The predicted octanol–water partition coefficient (Wildman–Crippen LogP) is 5.11. The van der Waals surface area contributed by atoms with Crippen LogP contribution in [-0.2, 0) is 21.1 Å². The summed E-state index contributed by atoms with van der Waals surface area (Å²) in [5.41, 5.74) is 0.679. The summed E-state index contributed by atoms with van der Waals surface area (Å²) in [5.74, 6) is -0.151. The van der Waals surface area contributed by atoms with Gasteiger partial charge in [0, 0.05) is 28.6 Å². The summed E-state index contributed by atoms with van der Waals surface area (Å²) in [6.07, 6.45) is 5.28. The molecule has 0 saturated carbocycles. The van der Waals surface area contributed by atoms with Gasteiger partial charge in [-0.15, -0.1) is 22.7 Å². The molecule has 0 fully saturated rings.